The van der Waals surface area contributed by atoms with Crippen LogP contribution in [-0.4, -0.2) is 19.5 Å². The molecule has 0 saturated carbocycles. The van der Waals surface area contributed by atoms with Crippen LogP contribution in [0.2, 0.25) is 0 Å². The van der Waals surface area contributed by atoms with E-state index in [1.165, 1.54) is 73.5 Å². The van der Waals surface area contributed by atoms with E-state index in [4.69, 9.17) is 19.4 Å². The molecule has 0 amide bonds. The van der Waals surface area contributed by atoms with Crippen LogP contribution < -0.4 is 0 Å². The second-order valence-electron chi connectivity index (χ2n) is 18.3. The minimum Gasteiger partial charge on any atom is -0.455 e. The van der Waals surface area contributed by atoms with Crippen LogP contribution in [0.15, 0.2) is 211 Å². The summed E-state index contributed by atoms with van der Waals surface area (Å²) in [6, 6.07) is 74.4. The Bertz CT molecular complexity index is 4920. The molecule has 0 radical (unpaired) electrons. The summed E-state index contributed by atoms with van der Waals surface area (Å²) in [7, 11) is 0. The second-order valence-corrected chi connectivity index (χ2v) is 20.4. The Morgan fingerprint density at radius 2 is 1.03 bits per heavy atom. The first-order chi connectivity index (χ1) is 34.7. The molecule has 324 valence electrons. The van der Waals surface area contributed by atoms with Crippen molar-refractivity contribution in [1.29, 1.82) is 0 Å². The van der Waals surface area contributed by atoms with Gasteiger partial charge in [-0.2, -0.15) is 0 Å². The molecule has 0 atom stereocenters. The number of nitrogens with zero attached hydrogens (tertiary/aromatic N) is 4. The molecular weight excluding hydrogens is 893 g/mol. The molecule has 0 fully saturated rings. The van der Waals surface area contributed by atoms with Gasteiger partial charge in [-0.1, -0.05) is 133 Å². The van der Waals surface area contributed by atoms with E-state index in [2.05, 4.69) is 205 Å². The van der Waals surface area contributed by atoms with Crippen molar-refractivity contribution in [2.45, 2.75) is 0 Å². The number of hydrogen-bond donors (Lipinski definition) is 0. The SMILES string of the molecule is c1ccc2cc3c(cc2c1)c1ccc2ccccc2c1n3-c1ccc2c(c1)cc(-c1nc(-c3ccc4sc5ccccc5c4c3)nc(-c3cccc4c3sc3ccccc34)n1)c1oc3ccccc3c12. The van der Waals surface area contributed by atoms with Crippen LogP contribution in [0.4, 0.5) is 0 Å². The molecule has 11 aromatic carbocycles. The van der Waals surface area contributed by atoms with Crippen LogP contribution in [0, 0.1) is 0 Å². The van der Waals surface area contributed by atoms with Crippen molar-refractivity contribution in [3.05, 3.63) is 206 Å². The summed E-state index contributed by atoms with van der Waals surface area (Å²) in [6.07, 6.45) is 0. The summed E-state index contributed by atoms with van der Waals surface area (Å²) in [5.41, 5.74) is 7.70. The van der Waals surface area contributed by atoms with E-state index in [0.29, 0.717) is 17.5 Å². The molecular formula is C63H34N4OS2. The van der Waals surface area contributed by atoms with Crippen LogP contribution in [0.1, 0.15) is 0 Å². The van der Waals surface area contributed by atoms with Gasteiger partial charge < -0.3 is 8.98 Å². The summed E-state index contributed by atoms with van der Waals surface area (Å²) in [4.78, 5) is 16.3. The van der Waals surface area contributed by atoms with Crippen molar-refractivity contribution in [2.75, 3.05) is 0 Å². The topological polar surface area (TPSA) is 56.7 Å². The standard InChI is InChI=1S/C63H34N4OS2/c1-2-14-37-34-52-49(31-36(37)13-1)45-27-24-35-12-3-4-15-42(35)58(45)67(52)40-26-28-41-39(30-40)33-51(59-57(41)47-18-5-8-21-53(47)68-59)63-65-61(38-25-29-56-50(32-38)44-17-7-9-22-54(44)69-56)64-62(66-63)48-20-11-19-46-43-16-6-10-23-55(43)70-60(46)48/h1-34H. The van der Waals surface area contributed by atoms with Crippen LogP contribution in [0.25, 0.3) is 156 Å². The van der Waals surface area contributed by atoms with Gasteiger partial charge in [0.05, 0.1) is 16.6 Å². The highest BCUT2D eigenvalue weighted by Gasteiger charge is 2.24. The third-order valence-electron chi connectivity index (χ3n) is 14.4. The first-order valence-electron chi connectivity index (χ1n) is 23.5. The fourth-order valence-electron chi connectivity index (χ4n) is 11.2. The Hall–Kier alpha value is -8.75. The van der Waals surface area contributed by atoms with Gasteiger partial charge in [-0.25, -0.2) is 15.0 Å². The van der Waals surface area contributed by atoms with E-state index in [9.17, 15) is 0 Å². The van der Waals surface area contributed by atoms with Gasteiger partial charge in [0, 0.05) is 84.1 Å². The van der Waals surface area contributed by atoms with Crippen molar-refractivity contribution in [3.8, 4) is 39.9 Å². The van der Waals surface area contributed by atoms with Crippen molar-refractivity contribution >= 4 is 139 Å². The van der Waals surface area contributed by atoms with Crippen molar-refractivity contribution in [3.63, 3.8) is 0 Å². The molecule has 5 nitrogen and oxygen atoms in total. The minimum atomic E-state index is 0.555. The number of rotatable bonds is 4. The lowest BCUT2D eigenvalue weighted by Gasteiger charge is -2.13. The molecule has 0 N–H and O–H groups in total. The van der Waals surface area contributed by atoms with Gasteiger partial charge in [0.2, 0.25) is 0 Å². The van der Waals surface area contributed by atoms with Crippen LogP contribution in [0.5, 0.6) is 0 Å². The second kappa shape index (κ2) is 14.4. The summed E-state index contributed by atoms with van der Waals surface area (Å²) < 4.78 is 14.3. The zero-order chi connectivity index (χ0) is 45.6. The van der Waals surface area contributed by atoms with E-state index < -0.39 is 0 Å². The number of fused-ring (bicyclic) bond motifs is 17. The van der Waals surface area contributed by atoms with Gasteiger partial charge >= 0.3 is 0 Å². The van der Waals surface area contributed by atoms with Gasteiger partial charge in [-0.05, 0) is 99.7 Å². The summed E-state index contributed by atoms with van der Waals surface area (Å²) >= 11 is 3.59. The van der Waals surface area contributed by atoms with E-state index in [0.717, 1.165) is 65.3 Å². The lowest BCUT2D eigenvalue weighted by atomic mass is 9.99. The fourth-order valence-corrected chi connectivity index (χ4v) is 13.5. The molecule has 5 aromatic heterocycles. The quantitative estimate of drug-likeness (QED) is 0.176. The molecule has 16 aromatic rings. The molecule has 7 heteroatoms. The molecule has 0 saturated heterocycles. The van der Waals surface area contributed by atoms with Crippen LogP contribution in [0.3, 0.4) is 0 Å². The van der Waals surface area contributed by atoms with Crippen molar-refractivity contribution < 1.29 is 4.42 Å². The molecule has 16 rings (SSSR count). The molecule has 5 heterocycles. The highest BCUT2D eigenvalue weighted by atomic mass is 32.1. The van der Waals surface area contributed by atoms with Gasteiger partial charge in [0.15, 0.2) is 17.5 Å². The van der Waals surface area contributed by atoms with Gasteiger partial charge in [-0.3, -0.25) is 0 Å². The monoisotopic (exact) mass is 926 g/mol. The molecule has 0 bridgehead atoms. The number of aromatic nitrogens is 4. The minimum absolute atomic E-state index is 0.555. The number of hydrogen-bond acceptors (Lipinski definition) is 6. The number of thiophene rings is 2. The lowest BCUT2D eigenvalue weighted by molar-refractivity contribution is 0.670. The predicted octanol–water partition coefficient (Wildman–Crippen LogP) is 18.1. The van der Waals surface area contributed by atoms with E-state index in [-0.39, 0.29) is 0 Å². The Balaban J connectivity index is 0.995. The first-order valence-corrected chi connectivity index (χ1v) is 25.1. The van der Waals surface area contributed by atoms with Crippen LogP contribution in [-0.2, 0) is 0 Å². The Morgan fingerprint density at radius 1 is 0.371 bits per heavy atom. The lowest BCUT2D eigenvalue weighted by Crippen LogP contribution is -2.01. The zero-order valence-corrected chi connectivity index (χ0v) is 38.8. The average Bonchev–Trinajstić information content (AvgIpc) is 4.19. The third-order valence-corrected chi connectivity index (χ3v) is 16.8. The molecule has 0 unspecified atom stereocenters. The Kier molecular flexibility index (Phi) is 7.86. The fraction of sp³-hybridized carbons (Fsp3) is 0. The van der Waals surface area contributed by atoms with Crippen molar-refractivity contribution in [2.24, 2.45) is 0 Å². The first kappa shape index (κ1) is 38.2. The van der Waals surface area contributed by atoms with Gasteiger partial charge in [0.25, 0.3) is 0 Å². The maximum absolute atomic E-state index is 6.95. The average molecular weight is 927 g/mol. The number of para-hydroxylation sites is 1. The highest BCUT2D eigenvalue weighted by Crippen LogP contribution is 2.45. The maximum atomic E-state index is 6.95. The zero-order valence-electron chi connectivity index (χ0n) is 37.1. The predicted molar refractivity (Wildman–Crippen MR) is 296 cm³/mol. The van der Waals surface area contributed by atoms with Gasteiger partial charge in [0.1, 0.15) is 11.2 Å². The summed E-state index contributed by atoms with van der Waals surface area (Å²) in [5.74, 6) is 1.78. The van der Waals surface area contributed by atoms with E-state index in [1.807, 2.05) is 17.4 Å². The van der Waals surface area contributed by atoms with Crippen molar-refractivity contribution in [1.82, 2.24) is 19.5 Å². The number of furan rings is 1. The van der Waals surface area contributed by atoms with Gasteiger partial charge in [-0.15, -0.1) is 22.7 Å². The summed E-state index contributed by atoms with van der Waals surface area (Å²) in [5, 5.41) is 16.4. The van der Waals surface area contributed by atoms with E-state index >= 15 is 0 Å². The largest absolute Gasteiger partial charge is 0.455 e. The Morgan fingerprint density at radius 3 is 1.89 bits per heavy atom. The number of benzene rings is 11. The molecule has 0 aliphatic carbocycles. The maximum Gasteiger partial charge on any atom is 0.167 e. The normalized spacial score (nSPS) is 12.3. The molecule has 0 aliphatic heterocycles. The third kappa shape index (κ3) is 5.50. The molecule has 0 aliphatic rings. The van der Waals surface area contributed by atoms with E-state index in [1.54, 1.807) is 11.3 Å². The molecule has 70 heavy (non-hydrogen) atoms. The highest BCUT2D eigenvalue weighted by molar-refractivity contribution is 7.26. The smallest absolute Gasteiger partial charge is 0.167 e. The molecule has 0 spiro atoms. The van der Waals surface area contributed by atoms with Crippen LogP contribution >= 0.6 is 22.7 Å². The summed E-state index contributed by atoms with van der Waals surface area (Å²) in [6.45, 7) is 0. The Labute approximate surface area is 406 Å².